The van der Waals surface area contributed by atoms with Gasteiger partial charge in [0.25, 0.3) is 21.6 Å². The molecule has 0 unspecified atom stereocenters. The van der Waals surface area contributed by atoms with Crippen LogP contribution in [0.1, 0.15) is 0 Å². The van der Waals surface area contributed by atoms with Crippen molar-refractivity contribution < 1.29 is 22.9 Å². The number of ether oxygens (including phenoxy) is 1. The first-order chi connectivity index (χ1) is 11.4. The summed E-state index contributed by atoms with van der Waals surface area (Å²) >= 11 is 0. The van der Waals surface area contributed by atoms with Gasteiger partial charge in [0.2, 0.25) is 0 Å². The lowest BCUT2D eigenvalue weighted by Crippen LogP contribution is -2.25. The summed E-state index contributed by atoms with van der Waals surface area (Å²) in [4.78, 5) is 21.0. The molecule has 1 aliphatic rings. The number of sulfonamides is 1. The Bertz CT molecular complexity index is 941. The molecule has 9 nitrogen and oxygen atoms in total. The van der Waals surface area contributed by atoms with Crippen LogP contribution in [-0.4, -0.2) is 25.9 Å². The molecule has 3 rings (SSSR count). The van der Waals surface area contributed by atoms with Crippen LogP contribution < -0.4 is 14.8 Å². The molecular weight excluding hydrogens is 338 g/mol. The van der Waals surface area contributed by atoms with E-state index >= 15 is 0 Å². The lowest BCUT2D eigenvalue weighted by molar-refractivity contribution is -0.387. The van der Waals surface area contributed by atoms with Crippen LogP contribution in [0.25, 0.3) is 0 Å². The Morgan fingerprint density at radius 1 is 1.21 bits per heavy atom. The first-order valence-electron chi connectivity index (χ1n) is 6.70. The van der Waals surface area contributed by atoms with Crippen molar-refractivity contribution in [3.8, 4) is 5.75 Å². The first kappa shape index (κ1) is 15.7. The van der Waals surface area contributed by atoms with E-state index in [1.165, 1.54) is 30.3 Å². The molecular formula is C14H11N3O6S. The van der Waals surface area contributed by atoms with Crippen LogP contribution in [0, 0.1) is 10.1 Å². The predicted molar refractivity (Wildman–Crippen MR) is 84.5 cm³/mol. The fourth-order valence-corrected chi connectivity index (χ4v) is 3.41. The zero-order valence-corrected chi connectivity index (χ0v) is 12.9. The van der Waals surface area contributed by atoms with E-state index in [-0.39, 0.29) is 18.2 Å². The molecule has 1 amide bonds. The smallest absolute Gasteiger partial charge is 0.289 e. The number of hydrogen-bond donors (Lipinski definition) is 2. The van der Waals surface area contributed by atoms with E-state index in [1.807, 2.05) is 0 Å². The highest BCUT2D eigenvalue weighted by Crippen LogP contribution is 2.32. The Kier molecular flexibility index (Phi) is 3.81. The topological polar surface area (TPSA) is 128 Å². The maximum atomic E-state index is 12.4. The third-order valence-corrected chi connectivity index (χ3v) is 4.65. The van der Waals surface area contributed by atoms with Gasteiger partial charge in [-0.1, -0.05) is 12.1 Å². The fraction of sp³-hybridized carbons (Fsp3) is 0.0714. The highest BCUT2D eigenvalue weighted by atomic mass is 32.2. The van der Waals surface area contributed by atoms with Crippen molar-refractivity contribution in [3.05, 3.63) is 52.6 Å². The molecule has 2 aromatic carbocycles. The normalized spacial score (nSPS) is 13.4. The van der Waals surface area contributed by atoms with E-state index in [2.05, 4.69) is 10.0 Å². The number of benzene rings is 2. The molecule has 0 saturated heterocycles. The van der Waals surface area contributed by atoms with E-state index < -0.39 is 25.5 Å². The molecule has 0 spiro atoms. The largest absolute Gasteiger partial charge is 0.482 e. The molecule has 24 heavy (non-hydrogen) atoms. The van der Waals surface area contributed by atoms with Gasteiger partial charge in [-0.15, -0.1) is 0 Å². The number of fused-ring (bicyclic) bond motifs is 1. The predicted octanol–water partition coefficient (Wildman–Crippen LogP) is 1.73. The molecule has 10 heteroatoms. The number of carbonyl (C=O) groups excluding carboxylic acids is 1. The summed E-state index contributed by atoms with van der Waals surface area (Å²) in [5.74, 6) is -0.00639. The number of carbonyl (C=O) groups is 1. The van der Waals surface area contributed by atoms with Crippen molar-refractivity contribution in [2.75, 3.05) is 16.6 Å². The summed E-state index contributed by atoms with van der Waals surface area (Å²) in [5.41, 5.74) is 0.0504. The Hall–Kier alpha value is -3.14. The molecule has 0 saturated carbocycles. The van der Waals surface area contributed by atoms with Gasteiger partial charge in [0, 0.05) is 12.1 Å². The zero-order valence-electron chi connectivity index (χ0n) is 12.1. The summed E-state index contributed by atoms with van der Waals surface area (Å²) in [5, 5.41) is 13.6. The lowest BCUT2D eigenvalue weighted by Gasteiger charge is -2.18. The Morgan fingerprint density at radius 3 is 2.71 bits per heavy atom. The van der Waals surface area contributed by atoms with Gasteiger partial charge in [-0.05, 0) is 18.2 Å². The highest BCUT2D eigenvalue weighted by Gasteiger charge is 2.26. The number of nitrogens with one attached hydrogen (secondary N) is 2. The Labute approximate surface area is 136 Å². The second-order valence-electron chi connectivity index (χ2n) is 4.88. The lowest BCUT2D eigenvalue weighted by atomic mass is 10.2. The minimum atomic E-state index is -4.16. The van der Waals surface area contributed by atoms with Gasteiger partial charge in [0.1, 0.15) is 5.75 Å². The van der Waals surface area contributed by atoms with Crippen molar-refractivity contribution in [1.82, 2.24) is 0 Å². The summed E-state index contributed by atoms with van der Waals surface area (Å²) in [7, 11) is -4.16. The minimum absolute atomic E-state index is 0.156. The zero-order chi connectivity index (χ0) is 17.3. The number of amides is 1. The second-order valence-corrected chi connectivity index (χ2v) is 6.53. The van der Waals surface area contributed by atoms with Crippen molar-refractivity contribution >= 4 is 33.0 Å². The van der Waals surface area contributed by atoms with Crippen LogP contribution in [0.3, 0.4) is 0 Å². The molecule has 1 aliphatic heterocycles. The molecule has 124 valence electrons. The monoisotopic (exact) mass is 349 g/mol. The third kappa shape index (κ3) is 2.99. The summed E-state index contributed by atoms with van der Waals surface area (Å²) in [6.07, 6.45) is 0. The molecule has 0 bridgehead atoms. The van der Waals surface area contributed by atoms with Gasteiger partial charge < -0.3 is 10.1 Å². The van der Waals surface area contributed by atoms with Crippen molar-refractivity contribution in [1.29, 1.82) is 0 Å². The minimum Gasteiger partial charge on any atom is -0.482 e. The van der Waals surface area contributed by atoms with E-state index in [4.69, 9.17) is 4.74 Å². The van der Waals surface area contributed by atoms with E-state index in [0.29, 0.717) is 11.4 Å². The van der Waals surface area contributed by atoms with Gasteiger partial charge in [-0.25, -0.2) is 8.42 Å². The fourth-order valence-electron chi connectivity index (χ4n) is 2.18. The van der Waals surface area contributed by atoms with E-state index in [9.17, 15) is 23.3 Å². The summed E-state index contributed by atoms with van der Waals surface area (Å²) < 4.78 is 32.3. The van der Waals surface area contributed by atoms with Crippen LogP contribution in [0.2, 0.25) is 0 Å². The van der Waals surface area contributed by atoms with Gasteiger partial charge in [-0.3, -0.25) is 19.6 Å². The maximum Gasteiger partial charge on any atom is 0.289 e. The van der Waals surface area contributed by atoms with Crippen LogP contribution >= 0.6 is 0 Å². The average Bonchev–Trinajstić information content (AvgIpc) is 2.54. The maximum absolute atomic E-state index is 12.4. The van der Waals surface area contributed by atoms with Gasteiger partial charge >= 0.3 is 0 Å². The number of nitrogens with zero attached hydrogens (tertiary/aromatic N) is 1. The number of nitro groups is 1. The van der Waals surface area contributed by atoms with Gasteiger partial charge in [-0.2, -0.15) is 0 Å². The number of nitro benzene ring substituents is 1. The SMILES string of the molecule is O=C1COc2cc(NS(=O)(=O)c3ccccc3[N+](=O)[O-])ccc2N1. The molecule has 0 fully saturated rings. The highest BCUT2D eigenvalue weighted by molar-refractivity contribution is 7.92. The van der Waals surface area contributed by atoms with Crippen LogP contribution in [0.15, 0.2) is 47.4 Å². The Morgan fingerprint density at radius 2 is 1.96 bits per heavy atom. The van der Waals surface area contributed by atoms with E-state index in [1.54, 1.807) is 0 Å². The van der Waals surface area contributed by atoms with Crippen molar-refractivity contribution in [3.63, 3.8) is 0 Å². The quantitative estimate of drug-likeness (QED) is 0.639. The van der Waals surface area contributed by atoms with Gasteiger partial charge in [0.05, 0.1) is 16.3 Å². The molecule has 0 radical (unpaired) electrons. The number of rotatable bonds is 4. The number of para-hydroxylation sites is 1. The molecule has 0 aliphatic carbocycles. The summed E-state index contributed by atoms with van der Waals surface area (Å²) in [6, 6.07) is 9.32. The third-order valence-electron chi connectivity index (χ3n) is 3.22. The number of anilines is 2. The van der Waals surface area contributed by atoms with Gasteiger partial charge in [0.15, 0.2) is 11.5 Å². The van der Waals surface area contributed by atoms with E-state index in [0.717, 1.165) is 12.1 Å². The molecule has 2 aromatic rings. The average molecular weight is 349 g/mol. The second kappa shape index (κ2) is 5.81. The number of hydrogen-bond acceptors (Lipinski definition) is 6. The Balaban J connectivity index is 1.94. The molecule has 1 heterocycles. The van der Waals surface area contributed by atoms with Crippen molar-refractivity contribution in [2.45, 2.75) is 4.90 Å². The van der Waals surface area contributed by atoms with Crippen LogP contribution in [0.5, 0.6) is 5.75 Å². The van der Waals surface area contributed by atoms with Crippen LogP contribution in [-0.2, 0) is 14.8 Å². The first-order valence-corrected chi connectivity index (χ1v) is 8.18. The van der Waals surface area contributed by atoms with Crippen LogP contribution in [0.4, 0.5) is 17.1 Å². The molecule has 0 aromatic heterocycles. The summed E-state index contributed by atoms with van der Waals surface area (Å²) in [6.45, 7) is -0.173. The standard InChI is InChI=1S/C14H11N3O6S/c18-14-8-23-12-7-9(5-6-10(12)15-14)16-24(21,22)13-4-2-1-3-11(13)17(19)20/h1-7,16H,8H2,(H,15,18). The van der Waals surface area contributed by atoms with Crippen molar-refractivity contribution in [2.24, 2.45) is 0 Å². The molecule has 0 atom stereocenters. The molecule has 2 N–H and O–H groups in total.